The van der Waals surface area contributed by atoms with Gasteiger partial charge in [0.2, 0.25) is 0 Å². The molecule has 0 saturated heterocycles. The van der Waals surface area contributed by atoms with E-state index in [1.807, 2.05) is 0 Å². The van der Waals surface area contributed by atoms with E-state index in [9.17, 15) is 14.0 Å². The molecule has 1 atom stereocenters. The molecule has 5 nitrogen and oxygen atoms in total. The van der Waals surface area contributed by atoms with Crippen LogP contribution < -0.4 is 11.1 Å². The fraction of sp³-hybridized carbons (Fsp3) is 0.333. The smallest absolute Gasteiger partial charge is 0.328 e. The molecule has 0 aliphatic rings. The molecule has 1 aromatic carbocycles. The van der Waals surface area contributed by atoms with Crippen molar-refractivity contribution in [3.63, 3.8) is 0 Å². The maximum Gasteiger partial charge on any atom is 0.328 e. The number of halogens is 2. The average Bonchev–Trinajstić information content (AvgIpc) is 2.28. The van der Waals surface area contributed by atoms with Crippen molar-refractivity contribution in [3.8, 4) is 0 Å². The molecule has 1 rings (SSSR count). The van der Waals surface area contributed by atoms with Crippen LogP contribution in [0.3, 0.4) is 0 Å². The SMILES string of the molecule is CCOC(=O)C(C)NC(=O)c1ccc(N)cc1F.Cl. The molecule has 0 aromatic heterocycles. The Morgan fingerprint density at radius 1 is 1.47 bits per heavy atom. The Labute approximate surface area is 116 Å². The van der Waals surface area contributed by atoms with E-state index in [2.05, 4.69) is 5.32 Å². The van der Waals surface area contributed by atoms with E-state index in [0.717, 1.165) is 6.07 Å². The number of nitrogen functional groups attached to an aromatic ring is 1. The van der Waals surface area contributed by atoms with Crippen molar-refractivity contribution in [2.24, 2.45) is 0 Å². The van der Waals surface area contributed by atoms with Gasteiger partial charge in [-0.1, -0.05) is 0 Å². The van der Waals surface area contributed by atoms with Gasteiger partial charge >= 0.3 is 5.97 Å². The molecule has 0 spiro atoms. The number of rotatable bonds is 4. The van der Waals surface area contributed by atoms with Crippen molar-refractivity contribution in [3.05, 3.63) is 29.6 Å². The van der Waals surface area contributed by atoms with Gasteiger partial charge in [0, 0.05) is 5.69 Å². The van der Waals surface area contributed by atoms with E-state index in [1.165, 1.54) is 19.1 Å². The van der Waals surface area contributed by atoms with Crippen LogP contribution in [0, 0.1) is 5.82 Å². The van der Waals surface area contributed by atoms with Gasteiger partial charge in [0.05, 0.1) is 12.2 Å². The zero-order valence-corrected chi connectivity index (χ0v) is 11.4. The minimum absolute atomic E-state index is 0. The van der Waals surface area contributed by atoms with Gasteiger partial charge in [-0.25, -0.2) is 9.18 Å². The second kappa shape index (κ2) is 7.58. The quantitative estimate of drug-likeness (QED) is 0.650. The van der Waals surface area contributed by atoms with Gasteiger partial charge in [-0.15, -0.1) is 12.4 Å². The van der Waals surface area contributed by atoms with Crippen LogP contribution in [0.2, 0.25) is 0 Å². The van der Waals surface area contributed by atoms with Crippen molar-refractivity contribution in [1.82, 2.24) is 5.32 Å². The number of nitrogens with two attached hydrogens (primary N) is 1. The monoisotopic (exact) mass is 290 g/mol. The summed E-state index contributed by atoms with van der Waals surface area (Å²) >= 11 is 0. The van der Waals surface area contributed by atoms with Crippen molar-refractivity contribution in [2.75, 3.05) is 12.3 Å². The molecular weight excluding hydrogens is 275 g/mol. The molecule has 3 N–H and O–H groups in total. The van der Waals surface area contributed by atoms with E-state index in [4.69, 9.17) is 10.5 Å². The van der Waals surface area contributed by atoms with Crippen molar-refractivity contribution < 1.29 is 18.7 Å². The largest absolute Gasteiger partial charge is 0.464 e. The molecule has 0 radical (unpaired) electrons. The Morgan fingerprint density at radius 3 is 2.63 bits per heavy atom. The Balaban J connectivity index is 0.00000324. The number of esters is 1. The van der Waals surface area contributed by atoms with Crippen LogP contribution in [0.1, 0.15) is 24.2 Å². The van der Waals surface area contributed by atoms with Gasteiger partial charge in [0.25, 0.3) is 5.91 Å². The first-order valence-corrected chi connectivity index (χ1v) is 5.48. The lowest BCUT2D eigenvalue weighted by Crippen LogP contribution is -2.39. The Bertz CT molecular complexity index is 468. The highest BCUT2D eigenvalue weighted by Crippen LogP contribution is 2.11. The lowest BCUT2D eigenvalue weighted by atomic mass is 10.1. The van der Waals surface area contributed by atoms with Crippen molar-refractivity contribution >= 4 is 30.0 Å². The molecule has 7 heteroatoms. The summed E-state index contributed by atoms with van der Waals surface area (Å²) in [6.45, 7) is 3.34. The average molecular weight is 291 g/mol. The van der Waals surface area contributed by atoms with Crippen LogP contribution in [0.5, 0.6) is 0 Å². The first kappa shape index (κ1) is 17.2. The third-order valence-electron chi connectivity index (χ3n) is 2.23. The highest BCUT2D eigenvalue weighted by Gasteiger charge is 2.19. The molecule has 0 saturated carbocycles. The number of ether oxygens (including phenoxy) is 1. The maximum absolute atomic E-state index is 13.4. The minimum Gasteiger partial charge on any atom is -0.464 e. The van der Waals surface area contributed by atoms with Crippen molar-refractivity contribution in [1.29, 1.82) is 0 Å². The standard InChI is InChI=1S/C12H15FN2O3.ClH/c1-3-18-12(17)7(2)15-11(16)9-5-4-8(14)6-10(9)13;/h4-7H,3,14H2,1-2H3,(H,15,16);1H. The Kier molecular flexibility index (Phi) is 6.85. The number of benzene rings is 1. The predicted molar refractivity (Wildman–Crippen MR) is 71.6 cm³/mol. The summed E-state index contributed by atoms with van der Waals surface area (Å²) < 4.78 is 18.2. The normalized spacial score (nSPS) is 11.1. The number of hydrogen-bond donors (Lipinski definition) is 2. The summed E-state index contributed by atoms with van der Waals surface area (Å²) in [6, 6.07) is 2.88. The summed E-state index contributed by atoms with van der Waals surface area (Å²) in [6.07, 6.45) is 0. The first-order chi connectivity index (χ1) is 8.45. The maximum atomic E-state index is 13.4. The topological polar surface area (TPSA) is 81.4 Å². The third-order valence-corrected chi connectivity index (χ3v) is 2.23. The molecule has 1 aromatic rings. The number of hydrogen-bond acceptors (Lipinski definition) is 4. The van der Waals surface area contributed by atoms with Crippen LogP contribution in [0.15, 0.2) is 18.2 Å². The van der Waals surface area contributed by atoms with Crippen LogP contribution in [0.25, 0.3) is 0 Å². The fourth-order valence-electron chi connectivity index (χ4n) is 1.32. The van der Waals surface area contributed by atoms with E-state index < -0.39 is 23.7 Å². The second-order valence-corrected chi connectivity index (χ2v) is 3.69. The fourth-order valence-corrected chi connectivity index (χ4v) is 1.32. The van der Waals surface area contributed by atoms with Crippen LogP contribution in [-0.2, 0) is 9.53 Å². The van der Waals surface area contributed by atoms with E-state index in [1.54, 1.807) is 6.92 Å². The summed E-state index contributed by atoms with van der Waals surface area (Å²) in [7, 11) is 0. The minimum atomic E-state index is -0.839. The van der Waals surface area contributed by atoms with Crippen molar-refractivity contribution in [2.45, 2.75) is 19.9 Å². The Morgan fingerprint density at radius 2 is 2.11 bits per heavy atom. The van der Waals surface area contributed by atoms with E-state index >= 15 is 0 Å². The summed E-state index contributed by atoms with van der Waals surface area (Å²) in [5.74, 6) is -1.99. The number of amides is 1. The van der Waals surface area contributed by atoms with Gasteiger partial charge in [0.1, 0.15) is 11.9 Å². The van der Waals surface area contributed by atoms with Gasteiger partial charge in [-0.05, 0) is 32.0 Å². The van der Waals surface area contributed by atoms with Gasteiger partial charge in [-0.3, -0.25) is 4.79 Å². The molecule has 1 amide bonds. The van der Waals surface area contributed by atoms with Gasteiger partial charge < -0.3 is 15.8 Å². The predicted octanol–water partition coefficient (Wildman–Crippen LogP) is 1.51. The molecule has 0 bridgehead atoms. The van der Waals surface area contributed by atoms with Crippen LogP contribution in [-0.4, -0.2) is 24.5 Å². The van der Waals surface area contributed by atoms with Gasteiger partial charge in [-0.2, -0.15) is 0 Å². The van der Waals surface area contributed by atoms with Crippen LogP contribution >= 0.6 is 12.4 Å². The van der Waals surface area contributed by atoms with Crippen LogP contribution in [0.4, 0.5) is 10.1 Å². The molecule has 0 fully saturated rings. The summed E-state index contributed by atoms with van der Waals surface area (Å²) in [5, 5.41) is 2.35. The lowest BCUT2D eigenvalue weighted by molar-refractivity contribution is -0.144. The number of carbonyl (C=O) groups is 2. The van der Waals surface area contributed by atoms with E-state index in [0.29, 0.717) is 0 Å². The first-order valence-electron chi connectivity index (χ1n) is 5.48. The number of carbonyl (C=O) groups excluding carboxylic acids is 2. The molecular formula is C12H16ClFN2O3. The Hall–Kier alpha value is -1.82. The molecule has 0 aliphatic carbocycles. The van der Waals surface area contributed by atoms with Gasteiger partial charge in [0.15, 0.2) is 0 Å². The highest BCUT2D eigenvalue weighted by atomic mass is 35.5. The molecule has 0 aliphatic heterocycles. The second-order valence-electron chi connectivity index (χ2n) is 3.69. The molecule has 19 heavy (non-hydrogen) atoms. The number of anilines is 1. The highest BCUT2D eigenvalue weighted by molar-refractivity contribution is 5.97. The zero-order chi connectivity index (χ0) is 13.7. The molecule has 0 heterocycles. The molecule has 106 valence electrons. The van der Waals surface area contributed by atoms with E-state index in [-0.39, 0.29) is 30.3 Å². The molecule has 1 unspecified atom stereocenters. The summed E-state index contributed by atoms with van der Waals surface area (Å²) in [5.41, 5.74) is 5.43. The zero-order valence-electron chi connectivity index (χ0n) is 10.6. The lowest BCUT2D eigenvalue weighted by Gasteiger charge is -2.13. The summed E-state index contributed by atoms with van der Waals surface area (Å²) in [4.78, 5) is 23.0. The third kappa shape index (κ3) is 4.75. The number of nitrogens with one attached hydrogen (secondary N) is 1.